The summed E-state index contributed by atoms with van der Waals surface area (Å²) in [5, 5.41) is 11.9. The highest BCUT2D eigenvalue weighted by Crippen LogP contribution is 2.43. The average molecular weight is 414 g/mol. The largest absolute Gasteiger partial charge is 0.497 e. The molecule has 2 aromatic carbocycles. The van der Waals surface area contributed by atoms with Crippen molar-refractivity contribution in [3.63, 3.8) is 0 Å². The van der Waals surface area contributed by atoms with Gasteiger partial charge in [-0.15, -0.1) is 11.3 Å². The summed E-state index contributed by atoms with van der Waals surface area (Å²) in [5.41, 5.74) is 2.76. The van der Waals surface area contributed by atoms with Gasteiger partial charge in [0.05, 0.1) is 14.2 Å². The molecule has 30 heavy (non-hydrogen) atoms. The maximum atomic E-state index is 9.93. The van der Waals surface area contributed by atoms with Crippen LogP contribution in [-0.4, -0.2) is 20.4 Å². The molecular weight excluding hydrogens is 396 g/mol. The lowest BCUT2D eigenvalue weighted by Crippen LogP contribution is -1.86. The Bertz CT molecular complexity index is 1200. The molecular formula is C24H18N2O3S. The third-order valence-electron chi connectivity index (χ3n) is 4.58. The minimum absolute atomic E-state index is 0.280. The number of nitriles is 1. The molecule has 4 rings (SSSR count). The molecule has 0 N–H and O–H groups in total. The van der Waals surface area contributed by atoms with Crippen LogP contribution in [0.2, 0.25) is 0 Å². The number of aliphatic imine (C=N–C) groups is 1. The summed E-state index contributed by atoms with van der Waals surface area (Å²) in [4.78, 5) is 5.45. The summed E-state index contributed by atoms with van der Waals surface area (Å²) >= 11 is 1.57. The second-order valence-corrected chi connectivity index (χ2v) is 7.31. The molecule has 0 fully saturated rings. The van der Waals surface area contributed by atoms with Crippen LogP contribution in [0.4, 0.5) is 5.88 Å². The quantitative estimate of drug-likeness (QED) is 0.347. The van der Waals surface area contributed by atoms with Gasteiger partial charge in [-0.3, -0.25) is 0 Å². The lowest BCUT2D eigenvalue weighted by Gasteiger charge is -2.06. The molecule has 0 saturated heterocycles. The van der Waals surface area contributed by atoms with Gasteiger partial charge in [-0.1, -0.05) is 18.2 Å². The van der Waals surface area contributed by atoms with Crippen molar-refractivity contribution in [2.24, 2.45) is 4.99 Å². The van der Waals surface area contributed by atoms with E-state index in [9.17, 15) is 5.26 Å². The molecule has 0 aliphatic rings. The van der Waals surface area contributed by atoms with E-state index in [-0.39, 0.29) is 5.88 Å². The lowest BCUT2D eigenvalue weighted by molar-refractivity contribution is 0.414. The van der Waals surface area contributed by atoms with E-state index in [1.807, 2.05) is 66.0 Å². The summed E-state index contributed by atoms with van der Waals surface area (Å²) in [6, 6.07) is 21.2. The fourth-order valence-corrected chi connectivity index (χ4v) is 3.66. The van der Waals surface area contributed by atoms with Crippen LogP contribution in [-0.2, 0) is 0 Å². The van der Waals surface area contributed by atoms with Crippen molar-refractivity contribution in [3.8, 4) is 40.0 Å². The summed E-state index contributed by atoms with van der Waals surface area (Å²) in [7, 11) is 3.24. The highest BCUT2D eigenvalue weighted by atomic mass is 32.1. The Morgan fingerprint density at radius 3 is 2.10 bits per heavy atom. The van der Waals surface area contributed by atoms with Gasteiger partial charge in [-0.05, 0) is 53.4 Å². The Balaban J connectivity index is 1.88. The van der Waals surface area contributed by atoms with E-state index in [0.29, 0.717) is 16.9 Å². The number of nitrogens with zero attached hydrogens (tertiary/aromatic N) is 2. The fraction of sp³-hybridized carbons (Fsp3) is 0.0833. The standard InChI is InChI=1S/C24H18N2O3S/c1-27-18-9-5-16(6-10-18)22-21(14-25)24(26-15-20-4-3-13-30-20)29-23(22)17-7-11-19(28-2)12-8-17/h3-13,15H,1-2H3/b26-15+. The first-order valence-corrected chi connectivity index (χ1v) is 10.0. The highest BCUT2D eigenvalue weighted by Gasteiger charge is 2.23. The average Bonchev–Trinajstić information content (AvgIpc) is 3.45. The predicted octanol–water partition coefficient (Wildman–Crippen LogP) is 6.31. The van der Waals surface area contributed by atoms with Crippen LogP contribution >= 0.6 is 11.3 Å². The van der Waals surface area contributed by atoms with Crippen molar-refractivity contribution >= 4 is 23.4 Å². The molecule has 2 heterocycles. The summed E-state index contributed by atoms with van der Waals surface area (Å²) in [5.74, 6) is 2.34. The Morgan fingerprint density at radius 2 is 1.57 bits per heavy atom. The minimum atomic E-state index is 0.280. The van der Waals surface area contributed by atoms with E-state index in [1.54, 1.807) is 31.8 Å². The van der Waals surface area contributed by atoms with Crippen molar-refractivity contribution in [1.29, 1.82) is 5.26 Å². The van der Waals surface area contributed by atoms with Gasteiger partial charge < -0.3 is 13.9 Å². The van der Waals surface area contributed by atoms with E-state index in [4.69, 9.17) is 13.9 Å². The summed E-state index contributed by atoms with van der Waals surface area (Å²) in [6.45, 7) is 0. The first kappa shape index (κ1) is 19.5. The number of methoxy groups -OCH3 is 2. The molecule has 4 aromatic rings. The zero-order valence-corrected chi connectivity index (χ0v) is 17.3. The number of hydrogen-bond acceptors (Lipinski definition) is 6. The third-order valence-corrected chi connectivity index (χ3v) is 5.39. The maximum Gasteiger partial charge on any atom is 0.238 e. The van der Waals surface area contributed by atoms with Gasteiger partial charge in [0.15, 0.2) is 0 Å². The minimum Gasteiger partial charge on any atom is -0.497 e. The lowest BCUT2D eigenvalue weighted by atomic mass is 9.98. The molecule has 0 saturated carbocycles. The van der Waals surface area contributed by atoms with Crippen LogP contribution in [0.5, 0.6) is 11.5 Å². The van der Waals surface area contributed by atoms with Crippen molar-refractivity contribution in [1.82, 2.24) is 0 Å². The Hall–Kier alpha value is -3.82. The van der Waals surface area contributed by atoms with E-state index < -0.39 is 0 Å². The smallest absolute Gasteiger partial charge is 0.238 e. The number of thiophene rings is 1. The molecule has 148 valence electrons. The summed E-state index contributed by atoms with van der Waals surface area (Å²) < 4.78 is 16.6. The van der Waals surface area contributed by atoms with Crippen LogP contribution in [0.15, 0.2) is 75.5 Å². The van der Waals surface area contributed by atoms with Gasteiger partial charge >= 0.3 is 0 Å². The van der Waals surface area contributed by atoms with E-state index in [1.165, 1.54) is 0 Å². The molecule has 0 spiro atoms. The van der Waals surface area contributed by atoms with Crippen LogP contribution in [0, 0.1) is 11.3 Å². The summed E-state index contributed by atoms with van der Waals surface area (Å²) in [6.07, 6.45) is 1.71. The van der Waals surface area contributed by atoms with Crippen molar-refractivity contribution < 1.29 is 13.9 Å². The molecule has 0 unspecified atom stereocenters. The normalized spacial score (nSPS) is 10.8. The first-order chi connectivity index (χ1) is 14.7. The zero-order valence-electron chi connectivity index (χ0n) is 16.5. The Labute approximate surface area is 178 Å². The van der Waals surface area contributed by atoms with Gasteiger partial charge in [0.1, 0.15) is 28.9 Å². The molecule has 0 aliphatic heterocycles. The van der Waals surface area contributed by atoms with Crippen LogP contribution in [0.3, 0.4) is 0 Å². The fourth-order valence-electron chi connectivity index (χ4n) is 3.08. The topological polar surface area (TPSA) is 67.8 Å². The van der Waals surface area contributed by atoms with Crippen molar-refractivity contribution in [3.05, 3.63) is 76.5 Å². The number of hydrogen-bond donors (Lipinski definition) is 0. The van der Waals surface area contributed by atoms with Gasteiger partial charge in [0.25, 0.3) is 0 Å². The molecule has 0 aliphatic carbocycles. The van der Waals surface area contributed by atoms with Gasteiger partial charge in [-0.2, -0.15) is 5.26 Å². The molecule has 5 nitrogen and oxygen atoms in total. The van der Waals surface area contributed by atoms with Crippen LogP contribution in [0.25, 0.3) is 22.5 Å². The van der Waals surface area contributed by atoms with E-state index in [2.05, 4.69) is 11.1 Å². The monoisotopic (exact) mass is 414 g/mol. The Kier molecular flexibility index (Phi) is 5.64. The third kappa shape index (κ3) is 3.84. The van der Waals surface area contributed by atoms with Crippen LogP contribution < -0.4 is 9.47 Å². The highest BCUT2D eigenvalue weighted by molar-refractivity contribution is 7.11. The maximum absolute atomic E-state index is 9.93. The van der Waals surface area contributed by atoms with E-state index in [0.717, 1.165) is 27.5 Å². The molecule has 0 atom stereocenters. The van der Waals surface area contributed by atoms with Gasteiger partial charge in [0.2, 0.25) is 5.88 Å². The van der Waals surface area contributed by atoms with E-state index >= 15 is 0 Å². The van der Waals surface area contributed by atoms with Crippen molar-refractivity contribution in [2.45, 2.75) is 0 Å². The van der Waals surface area contributed by atoms with Gasteiger partial charge in [0, 0.05) is 22.2 Å². The number of furan rings is 1. The molecule has 0 radical (unpaired) electrons. The molecule has 0 amide bonds. The van der Waals surface area contributed by atoms with Crippen molar-refractivity contribution in [2.75, 3.05) is 14.2 Å². The zero-order chi connectivity index (χ0) is 20.9. The number of rotatable bonds is 6. The second-order valence-electron chi connectivity index (χ2n) is 6.33. The Morgan fingerprint density at radius 1 is 0.933 bits per heavy atom. The predicted molar refractivity (Wildman–Crippen MR) is 119 cm³/mol. The molecule has 2 aromatic heterocycles. The number of ether oxygens (including phenoxy) is 2. The first-order valence-electron chi connectivity index (χ1n) is 9.16. The second kappa shape index (κ2) is 8.68. The van der Waals surface area contributed by atoms with Gasteiger partial charge in [-0.25, -0.2) is 4.99 Å². The molecule has 0 bridgehead atoms. The SMILES string of the molecule is COc1ccc(-c2oc(/N=C/c3cccs3)c(C#N)c2-c2ccc(OC)cc2)cc1. The van der Waals surface area contributed by atoms with Crippen LogP contribution in [0.1, 0.15) is 10.4 Å². The number of benzene rings is 2. The molecule has 6 heteroatoms.